The minimum atomic E-state index is 0.153. The van der Waals surface area contributed by atoms with E-state index in [1.807, 2.05) is 36.4 Å². The minimum absolute atomic E-state index is 0.153. The summed E-state index contributed by atoms with van der Waals surface area (Å²) in [4.78, 5) is 15.6. The molecule has 1 fully saturated rings. The molecule has 1 aliphatic rings. The van der Waals surface area contributed by atoms with Crippen molar-refractivity contribution in [3.05, 3.63) is 106 Å². The fraction of sp³-hybridized carbons (Fsp3) is 0.345. The summed E-state index contributed by atoms with van der Waals surface area (Å²) < 4.78 is 0. The highest BCUT2D eigenvalue weighted by atomic mass is 35.5. The molecular formula is C29H33ClN2O. The molecule has 3 aromatic carbocycles. The van der Waals surface area contributed by atoms with Crippen LogP contribution in [0.1, 0.15) is 45.5 Å². The van der Waals surface area contributed by atoms with E-state index < -0.39 is 0 Å². The molecule has 1 N–H and O–H groups in total. The second-order valence-electron chi connectivity index (χ2n) is 9.27. The lowest BCUT2D eigenvalue weighted by molar-refractivity contribution is 0.0577. The Morgan fingerprint density at radius 2 is 1.70 bits per heavy atom. The van der Waals surface area contributed by atoms with Gasteiger partial charge in [-0.2, -0.15) is 0 Å². The molecule has 172 valence electrons. The van der Waals surface area contributed by atoms with Crippen molar-refractivity contribution in [2.24, 2.45) is 0 Å². The second-order valence-corrected chi connectivity index (χ2v) is 9.71. The molecule has 3 nitrogen and oxygen atoms in total. The molecule has 0 unspecified atom stereocenters. The van der Waals surface area contributed by atoms with E-state index in [9.17, 15) is 4.79 Å². The average Bonchev–Trinajstić information content (AvgIpc) is 2.79. The lowest BCUT2D eigenvalue weighted by Crippen LogP contribution is -2.52. The molecule has 4 heteroatoms. The highest BCUT2D eigenvalue weighted by Crippen LogP contribution is 2.24. The third-order valence-electron chi connectivity index (χ3n) is 6.50. The number of piperidine rings is 1. The van der Waals surface area contributed by atoms with Crippen molar-refractivity contribution < 1.29 is 4.79 Å². The van der Waals surface area contributed by atoms with E-state index in [0.717, 1.165) is 60.5 Å². The SMILES string of the molecule is Cc1cc(C)cc(C(=O)N2CC[C@H](NCCc3cccc(Cl)c3)C[C@H]2Cc2ccccc2)c1. The Bertz CT molecular complexity index is 1060. The monoisotopic (exact) mass is 460 g/mol. The van der Waals surface area contributed by atoms with Crippen LogP contribution in [0.25, 0.3) is 0 Å². The van der Waals surface area contributed by atoms with Crippen LogP contribution < -0.4 is 5.32 Å². The Morgan fingerprint density at radius 3 is 2.42 bits per heavy atom. The predicted octanol–water partition coefficient (Wildman–Crippen LogP) is 6.01. The van der Waals surface area contributed by atoms with Gasteiger partial charge in [-0.15, -0.1) is 0 Å². The van der Waals surface area contributed by atoms with Gasteiger partial charge in [-0.25, -0.2) is 0 Å². The van der Waals surface area contributed by atoms with Crippen LogP contribution in [-0.4, -0.2) is 36.0 Å². The molecule has 0 spiro atoms. The number of carbonyl (C=O) groups excluding carboxylic acids is 1. The van der Waals surface area contributed by atoms with Crippen LogP contribution in [0.15, 0.2) is 72.8 Å². The standard InChI is InChI=1S/C29H33ClN2O/c1-21-15-22(2)17-25(16-21)29(33)32-14-12-27(20-28(32)19-23-7-4-3-5-8-23)31-13-11-24-9-6-10-26(30)18-24/h3-10,15-18,27-28,31H,11-14,19-20H2,1-2H3/t27-,28+/m0/s1. The Balaban J connectivity index is 1.45. The zero-order chi connectivity index (χ0) is 23.2. The van der Waals surface area contributed by atoms with Crippen LogP contribution in [-0.2, 0) is 12.8 Å². The zero-order valence-electron chi connectivity index (χ0n) is 19.6. The lowest BCUT2D eigenvalue weighted by atomic mass is 9.91. The highest BCUT2D eigenvalue weighted by molar-refractivity contribution is 6.30. The van der Waals surface area contributed by atoms with Gasteiger partial charge in [-0.1, -0.05) is 71.3 Å². The number of nitrogens with zero attached hydrogens (tertiary/aromatic N) is 1. The van der Waals surface area contributed by atoms with Gasteiger partial charge >= 0.3 is 0 Å². The van der Waals surface area contributed by atoms with Gasteiger partial charge in [0.2, 0.25) is 0 Å². The smallest absolute Gasteiger partial charge is 0.254 e. The number of amides is 1. The van der Waals surface area contributed by atoms with Crippen molar-refractivity contribution in [2.45, 2.75) is 51.6 Å². The number of aryl methyl sites for hydroxylation is 2. The maximum atomic E-state index is 13.5. The molecule has 0 bridgehead atoms. The number of likely N-dealkylation sites (tertiary alicyclic amines) is 1. The predicted molar refractivity (Wildman–Crippen MR) is 137 cm³/mol. The quantitative estimate of drug-likeness (QED) is 0.468. The molecule has 1 aliphatic heterocycles. The Hall–Kier alpha value is -2.62. The first kappa shape index (κ1) is 23.5. The number of hydrogen-bond acceptors (Lipinski definition) is 2. The van der Waals surface area contributed by atoms with E-state index in [1.54, 1.807) is 0 Å². The lowest BCUT2D eigenvalue weighted by Gasteiger charge is -2.40. The molecule has 0 aliphatic carbocycles. The van der Waals surface area contributed by atoms with Crippen LogP contribution in [0.5, 0.6) is 0 Å². The third kappa shape index (κ3) is 6.46. The summed E-state index contributed by atoms with van der Waals surface area (Å²) in [5.74, 6) is 0.153. The van der Waals surface area contributed by atoms with Crippen LogP contribution >= 0.6 is 11.6 Å². The van der Waals surface area contributed by atoms with Crippen LogP contribution in [0.4, 0.5) is 0 Å². The molecule has 1 heterocycles. The largest absolute Gasteiger partial charge is 0.335 e. The van der Waals surface area contributed by atoms with Gasteiger partial charge in [0.15, 0.2) is 0 Å². The number of benzene rings is 3. The summed E-state index contributed by atoms with van der Waals surface area (Å²) in [6.07, 6.45) is 3.76. The normalized spacial score (nSPS) is 18.3. The van der Waals surface area contributed by atoms with E-state index in [4.69, 9.17) is 11.6 Å². The van der Waals surface area contributed by atoms with Crippen LogP contribution in [0.3, 0.4) is 0 Å². The van der Waals surface area contributed by atoms with Crippen molar-refractivity contribution in [3.63, 3.8) is 0 Å². The van der Waals surface area contributed by atoms with Crippen molar-refractivity contribution in [1.82, 2.24) is 10.2 Å². The van der Waals surface area contributed by atoms with E-state index in [-0.39, 0.29) is 11.9 Å². The van der Waals surface area contributed by atoms with Gasteiger partial charge in [-0.3, -0.25) is 4.79 Å². The van der Waals surface area contributed by atoms with Gasteiger partial charge < -0.3 is 10.2 Å². The van der Waals surface area contributed by atoms with Gasteiger partial charge in [-0.05, 0) is 81.5 Å². The summed E-state index contributed by atoms with van der Waals surface area (Å²) >= 11 is 6.13. The summed E-state index contributed by atoms with van der Waals surface area (Å²) in [5, 5.41) is 4.53. The number of hydrogen-bond donors (Lipinski definition) is 1. The molecule has 2 atom stereocenters. The molecule has 0 saturated carbocycles. The van der Waals surface area contributed by atoms with Crippen molar-refractivity contribution in [2.75, 3.05) is 13.1 Å². The minimum Gasteiger partial charge on any atom is -0.335 e. The number of halogens is 1. The van der Waals surface area contributed by atoms with E-state index >= 15 is 0 Å². The molecule has 1 amide bonds. The van der Waals surface area contributed by atoms with Crippen molar-refractivity contribution in [1.29, 1.82) is 0 Å². The Labute approximate surface area is 202 Å². The van der Waals surface area contributed by atoms with Gasteiger partial charge in [0, 0.05) is 29.2 Å². The summed E-state index contributed by atoms with van der Waals surface area (Å²) in [6.45, 7) is 5.80. The fourth-order valence-electron chi connectivity index (χ4n) is 4.96. The third-order valence-corrected chi connectivity index (χ3v) is 6.73. The van der Waals surface area contributed by atoms with Crippen LogP contribution in [0, 0.1) is 13.8 Å². The van der Waals surface area contributed by atoms with Gasteiger partial charge in [0.25, 0.3) is 5.91 Å². The van der Waals surface area contributed by atoms with E-state index in [2.05, 4.69) is 60.5 Å². The Kier molecular flexibility index (Phi) is 7.85. The van der Waals surface area contributed by atoms with Crippen molar-refractivity contribution in [3.8, 4) is 0 Å². The molecule has 0 aromatic heterocycles. The summed E-state index contributed by atoms with van der Waals surface area (Å²) in [7, 11) is 0. The first-order valence-corrected chi connectivity index (χ1v) is 12.3. The number of nitrogens with one attached hydrogen (secondary N) is 1. The summed E-state index contributed by atoms with van der Waals surface area (Å²) in [5.41, 5.74) is 5.60. The zero-order valence-corrected chi connectivity index (χ0v) is 20.3. The van der Waals surface area contributed by atoms with E-state index in [0.29, 0.717) is 6.04 Å². The Morgan fingerprint density at radius 1 is 0.970 bits per heavy atom. The maximum absolute atomic E-state index is 13.5. The molecule has 1 saturated heterocycles. The van der Waals surface area contributed by atoms with E-state index in [1.165, 1.54) is 11.1 Å². The average molecular weight is 461 g/mol. The van der Waals surface area contributed by atoms with Crippen molar-refractivity contribution >= 4 is 17.5 Å². The molecule has 3 aromatic rings. The van der Waals surface area contributed by atoms with Gasteiger partial charge in [0.1, 0.15) is 0 Å². The molecule has 33 heavy (non-hydrogen) atoms. The molecular weight excluding hydrogens is 428 g/mol. The fourth-order valence-corrected chi connectivity index (χ4v) is 5.17. The first-order valence-electron chi connectivity index (χ1n) is 11.9. The maximum Gasteiger partial charge on any atom is 0.254 e. The highest BCUT2D eigenvalue weighted by Gasteiger charge is 2.32. The van der Waals surface area contributed by atoms with Gasteiger partial charge in [0.05, 0.1) is 0 Å². The van der Waals surface area contributed by atoms with Crippen LogP contribution in [0.2, 0.25) is 5.02 Å². The second kappa shape index (κ2) is 11.0. The first-order chi connectivity index (χ1) is 16.0. The molecule has 0 radical (unpaired) electrons. The number of rotatable bonds is 7. The molecule has 4 rings (SSSR count). The summed E-state index contributed by atoms with van der Waals surface area (Å²) in [6, 6.07) is 25.3. The topological polar surface area (TPSA) is 32.3 Å². The number of carbonyl (C=O) groups is 1.